The number of aromatic nitrogens is 3. The Morgan fingerprint density at radius 1 is 1.15 bits per heavy atom. The van der Waals surface area contributed by atoms with Crippen LogP contribution in [0, 0.1) is 5.82 Å². The molecule has 2 aromatic carbocycles. The second kappa shape index (κ2) is 8.01. The molecule has 0 saturated heterocycles. The summed E-state index contributed by atoms with van der Waals surface area (Å²) >= 11 is 1.18. The summed E-state index contributed by atoms with van der Waals surface area (Å²) in [4.78, 5) is 12.1. The van der Waals surface area contributed by atoms with E-state index in [4.69, 9.17) is 5.84 Å². The van der Waals surface area contributed by atoms with E-state index in [1.165, 1.54) is 34.1 Å². The van der Waals surface area contributed by atoms with Gasteiger partial charge in [-0.1, -0.05) is 30.8 Å². The number of nitrogens with two attached hydrogens (primary N) is 1. The van der Waals surface area contributed by atoms with Gasteiger partial charge in [0.25, 0.3) is 0 Å². The topological polar surface area (TPSA) is 85.8 Å². The third-order valence-corrected chi connectivity index (χ3v) is 4.69. The van der Waals surface area contributed by atoms with Crippen molar-refractivity contribution in [3.63, 3.8) is 0 Å². The summed E-state index contributed by atoms with van der Waals surface area (Å²) in [7, 11) is 0. The summed E-state index contributed by atoms with van der Waals surface area (Å²) < 4.78 is 14.3. The maximum atomic E-state index is 13.0. The zero-order chi connectivity index (χ0) is 18.5. The maximum absolute atomic E-state index is 13.0. The SMILES string of the molecule is CCc1ccc(NC(=O)CSc2nnc(-c3ccc(F)cc3)n2N)cc1. The number of nitrogen functional groups attached to an aromatic ring is 1. The van der Waals surface area contributed by atoms with Crippen molar-refractivity contribution in [3.8, 4) is 11.4 Å². The highest BCUT2D eigenvalue weighted by Crippen LogP contribution is 2.22. The molecule has 134 valence electrons. The van der Waals surface area contributed by atoms with Gasteiger partial charge in [-0.05, 0) is 48.4 Å². The van der Waals surface area contributed by atoms with Gasteiger partial charge in [0.2, 0.25) is 11.1 Å². The van der Waals surface area contributed by atoms with Crippen molar-refractivity contribution in [2.24, 2.45) is 0 Å². The Morgan fingerprint density at radius 2 is 1.85 bits per heavy atom. The number of carbonyl (C=O) groups is 1. The minimum absolute atomic E-state index is 0.147. The highest BCUT2D eigenvalue weighted by molar-refractivity contribution is 7.99. The Balaban J connectivity index is 1.60. The van der Waals surface area contributed by atoms with E-state index in [1.807, 2.05) is 24.3 Å². The second-order valence-corrected chi connectivity index (χ2v) is 6.51. The van der Waals surface area contributed by atoms with Crippen LogP contribution in [0.1, 0.15) is 12.5 Å². The lowest BCUT2D eigenvalue weighted by Crippen LogP contribution is -2.16. The minimum atomic E-state index is -0.338. The van der Waals surface area contributed by atoms with Crippen molar-refractivity contribution >= 4 is 23.4 Å². The number of amides is 1. The van der Waals surface area contributed by atoms with Crippen LogP contribution in [0.5, 0.6) is 0 Å². The molecule has 0 aliphatic carbocycles. The van der Waals surface area contributed by atoms with E-state index >= 15 is 0 Å². The molecule has 3 rings (SSSR count). The fourth-order valence-electron chi connectivity index (χ4n) is 2.32. The molecular weight excluding hydrogens is 353 g/mol. The molecule has 0 fully saturated rings. The van der Waals surface area contributed by atoms with Gasteiger partial charge < -0.3 is 11.2 Å². The molecule has 0 unspecified atom stereocenters. The number of halogens is 1. The quantitative estimate of drug-likeness (QED) is 0.514. The fourth-order valence-corrected chi connectivity index (χ4v) is 2.98. The van der Waals surface area contributed by atoms with Crippen LogP contribution in [0.4, 0.5) is 10.1 Å². The third-order valence-electron chi connectivity index (χ3n) is 3.75. The molecule has 1 amide bonds. The average molecular weight is 371 g/mol. The number of hydrogen-bond acceptors (Lipinski definition) is 5. The zero-order valence-electron chi connectivity index (χ0n) is 14.1. The van der Waals surface area contributed by atoms with Crippen LogP contribution in [0.15, 0.2) is 53.7 Å². The van der Waals surface area contributed by atoms with E-state index in [0.717, 1.165) is 12.1 Å². The Bertz CT molecular complexity index is 893. The molecule has 0 spiro atoms. The van der Waals surface area contributed by atoms with E-state index in [-0.39, 0.29) is 17.5 Å². The summed E-state index contributed by atoms with van der Waals surface area (Å²) in [5.74, 6) is 6.04. The predicted octanol–water partition coefficient (Wildman–Crippen LogP) is 3.09. The molecule has 0 bridgehead atoms. The van der Waals surface area contributed by atoms with Crippen molar-refractivity contribution in [3.05, 3.63) is 59.9 Å². The minimum Gasteiger partial charge on any atom is -0.335 e. The summed E-state index contributed by atoms with van der Waals surface area (Å²) in [6.07, 6.45) is 0.951. The van der Waals surface area contributed by atoms with Crippen molar-refractivity contribution in [1.29, 1.82) is 0 Å². The second-order valence-electron chi connectivity index (χ2n) is 5.57. The Morgan fingerprint density at radius 3 is 2.50 bits per heavy atom. The van der Waals surface area contributed by atoms with Crippen molar-refractivity contribution < 1.29 is 9.18 Å². The van der Waals surface area contributed by atoms with Crippen LogP contribution < -0.4 is 11.2 Å². The molecule has 6 nitrogen and oxygen atoms in total. The van der Waals surface area contributed by atoms with Crippen molar-refractivity contribution in [2.45, 2.75) is 18.5 Å². The summed E-state index contributed by atoms with van der Waals surface area (Å²) in [6.45, 7) is 2.08. The molecule has 0 atom stereocenters. The highest BCUT2D eigenvalue weighted by atomic mass is 32.2. The van der Waals surface area contributed by atoms with Crippen LogP contribution in [-0.4, -0.2) is 26.5 Å². The van der Waals surface area contributed by atoms with Gasteiger partial charge in [0, 0.05) is 11.3 Å². The third kappa shape index (κ3) is 4.20. The molecule has 0 radical (unpaired) electrons. The van der Waals surface area contributed by atoms with Crippen LogP contribution in [0.3, 0.4) is 0 Å². The lowest BCUT2D eigenvalue weighted by atomic mass is 10.1. The number of nitrogens with zero attached hydrogens (tertiary/aromatic N) is 3. The van der Waals surface area contributed by atoms with E-state index in [1.54, 1.807) is 12.1 Å². The first kappa shape index (κ1) is 17.9. The van der Waals surface area contributed by atoms with Crippen LogP contribution in [0.2, 0.25) is 0 Å². The van der Waals surface area contributed by atoms with Crippen LogP contribution >= 0.6 is 11.8 Å². The predicted molar refractivity (Wildman–Crippen MR) is 101 cm³/mol. The first-order valence-electron chi connectivity index (χ1n) is 8.05. The summed E-state index contributed by atoms with van der Waals surface area (Å²) in [5.41, 5.74) is 2.60. The molecule has 0 saturated carbocycles. The molecule has 3 aromatic rings. The monoisotopic (exact) mass is 371 g/mol. The van der Waals surface area contributed by atoms with Gasteiger partial charge in [0.15, 0.2) is 5.82 Å². The Kier molecular flexibility index (Phi) is 5.52. The molecule has 0 aliphatic heterocycles. The van der Waals surface area contributed by atoms with E-state index < -0.39 is 0 Å². The standard InChI is InChI=1S/C18H18FN5OS/c1-2-12-3-9-15(10-4-12)21-16(25)11-26-18-23-22-17(24(18)20)13-5-7-14(19)8-6-13/h3-10H,2,11,20H2,1H3,(H,21,25). The number of aryl methyl sites for hydroxylation is 1. The summed E-state index contributed by atoms with van der Waals surface area (Å²) in [6, 6.07) is 13.5. The van der Waals surface area contributed by atoms with Crippen molar-refractivity contribution in [1.82, 2.24) is 14.9 Å². The molecule has 8 heteroatoms. The molecule has 1 heterocycles. The van der Waals surface area contributed by atoms with E-state index in [0.29, 0.717) is 16.5 Å². The number of thioether (sulfide) groups is 1. The highest BCUT2D eigenvalue weighted by Gasteiger charge is 2.14. The average Bonchev–Trinajstić information content (AvgIpc) is 3.02. The van der Waals surface area contributed by atoms with Gasteiger partial charge in [0.1, 0.15) is 5.82 Å². The first-order valence-corrected chi connectivity index (χ1v) is 9.03. The molecular formula is C18H18FN5OS. The number of nitrogens with one attached hydrogen (secondary N) is 1. The largest absolute Gasteiger partial charge is 0.335 e. The van der Waals surface area contributed by atoms with Gasteiger partial charge in [-0.25, -0.2) is 9.07 Å². The normalized spacial score (nSPS) is 10.7. The van der Waals surface area contributed by atoms with Crippen LogP contribution in [-0.2, 0) is 11.2 Å². The molecule has 3 N–H and O–H groups in total. The van der Waals surface area contributed by atoms with Gasteiger partial charge >= 0.3 is 0 Å². The van der Waals surface area contributed by atoms with Crippen molar-refractivity contribution in [2.75, 3.05) is 16.9 Å². The fraction of sp³-hybridized carbons (Fsp3) is 0.167. The zero-order valence-corrected chi connectivity index (χ0v) is 15.0. The molecule has 26 heavy (non-hydrogen) atoms. The molecule has 1 aromatic heterocycles. The lowest BCUT2D eigenvalue weighted by molar-refractivity contribution is -0.113. The smallest absolute Gasteiger partial charge is 0.234 e. The van der Waals surface area contributed by atoms with Crippen LogP contribution in [0.25, 0.3) is 11.4 Å². The number of benzene rings is 2. The molecule has 0 aliphatic rings. The number of hydrogen-bond donors (Lipinski definition) is 2. The van der Waals surface area contributed by atoms with Gasteiger partial charge in [0.05, 0.1) is 5.75 Å². The first-order chi connectivity index (χ1) is 12.6. The maximum Gasteiger partial charge on any atom is 0.234 e. The Labute approximate surface area is 154 Å². The number of carbonyl (C=O) groups excluding carboxylic acids is 1. The van der Waals surface area contributed by atoms with E-state index in [2.05, 4.69) is 22.4 Å². The van der Waals surface area contributed by atoms with Gasteiger partial charge in [-0.3, -0.25) is 4.79 Å². The van der Waals surface area contributed by atoms with Gasteiger partial charge in [-0.15, -0.1) is 10.2 Å². The summed E-state index contributed by atoms with van der Waals surface area (Å²) in [5, 5.41) is 11.2. The lowest BCUT2D eigenvalue weighted by Gasteiger charge is -2.06. The van der Waals surface area contributed by atoms with Gasteiger partial charge in [-0.2, -0.15) is 0 Å². The number of anilines is 1. The number of rotatable bonds is 6. The van der Waals surface area contributed by atoms with E-state index in [9.17, 15) is 9.18 Å². The Hall–Kier alpha value is -2.87.